The molecule has 9 heavy (non-hydrogen) atoms. The van der Waals surface area contributed by atoms with Gasteiger partial charge < -0.3 is 0 Å². The van der Waals surface area contributed by atoms with E-state index in [1.54, 1.807) is 11.3 Å². The average molecular weight is 140 g/mol. The lowest BCUT2D eigenvalue weighted by Gasteiger charge is -1.95. The Kier molecular flexibility index (Phi) is 0.531. The van der Waals surface area contributed by atoms with Crippen molar-refractivity contribution in [3.8, 4) is 0 Å². The first kappa shape index (κ1) is 4.80. The molecule has 48 valence electrons. The third-order valence-electron chi connectivity index (χ3n) is 2.76. The molecule has 0 aromatic rings. The maximum Gasteiger partial charge on any atom is 0.257 e. The fourth-order valence-electron chi connectivity index (χ4n) is 1.80. The quantitative estimate of drug-likeness (QED) is 0.304. The lowest BCUT2D eigenvalue weighted by atomic mass is 10.5. The number of nitrogens with zero attached hydrogens (tertiary/aromatic N) is 1. The zero-order chi connectivity index (χ0) is 6.22. The van der Waals surface area contributed by atoms with E-state index in [2.05, 4.69) is 25.8 Å². The number of allylic oxidation sites excluding steroid dienone is 2. The van der Waals surface area contributed by atoms with Gasteiger partial charge in [0.25, 0.3) is 5.37 Å². The SMILES string of the molecule is CC1=C([N+]23SC2[C@H]3C)C1. The van der Waals surface area contributed by atoms with E-state index in [0.717, 1.165) is 11.4 Å². The number of rotatable bonds is 1. The fraction of sp³-hybridized carbons (Fsp3) is 0.714. The minimum absolute atomic E-state index is 0.974. The minimum Gasteiger partial charge on any atom is -0.199 e. The van der Waals surface area contributed by atoms with Crippen LogP contribution in [0.5, 0.6) is 0 Å². The summed E-state index contributed by atoms with van der Waals surface area (Å²) in [5.74, 6) is 0. The van der Waals surface area contributed by atoms with Crippen molar-refractivity contribution < 1.29 is 3.89 Å². The number of hydrogen-bond donors (Lipinski definition) is 0. The van der Waals surface area contributed by atoms with Crippen LogP contribution in [0.3, 0.4) is 0 Å². The van der Waals surface area contributed by atoms with Gasteiger partial charge in [-0.25, -0.2) is 0 Å². The smallest absolute Gasteiger partial charge is 0.199 e. The summed E-state index contributed by atoms with van der Waals surface area (Å²) in [6, 6.07) is 0.974. The number of hydrogen-bond acceptors (Lipinski definition) is 1. The van der Waals surface area contributed by atoms with Crippen LogP contribution in [0.15, 0.2) is 11.3 Å². The van der Waals surface area contributed by atoms with Crippen LogP contribution in [0.2, 0.25) is 0 Å². The summed E-state index contributed by atoms with van der Waals surface area (Å²) in [5, 5.41) is 0.998. The van der Waals surface area contributed by atoms with Gasteiger partial charge in [0.2, 0.25) is 0 Å². The largest absolute Gasteiger partial charge is 0.257 e. The Balaban J connectivity index is 1.97. The van der Waals surface area contributed by atoms with E-state index in [1.165, 1.54) is 10.3 Å². The predicted molar refractivity (Wildman–Crippen MR) is 38.4 cm³/mol. The van der Waals surface area contributed by atoms with Crippen molar-refractivity contribution in [2.24, 2.45) is 0 Å². The van der Waals surface area contributed by atoms with Gasteiger partial charge in [-0.1, -0.05) is 0 Å². The third kappa shape index (κ3) is 0.349. The third-order valence-corrected chi connectivity index (χ3v) is 4.62. The number of fused-ring (bicyclic) bond motifs is 1. The van der Waals surface area contributed by atoms with E-state index in [4.69, 9.17) is 0 Å². The molecule has 1 nitrogen and oxygen atoms in total. The second kappa shape index (κ2) is 0.995. The molecule has 2 heteroatoms. The molecule has 0 spiro atoms. The van der Waals surface area contributed by atoms with Crippen LogP contribution < -0.4 is 0 Å². The van der Waals surface area contributed by atoms with Crippen molar-refractivity contribution in [1.82, 2.24) is 0 Å². The van der Waals surface area contributed by atoms with Crippen LogP contribution in [0.4, 0.5) is 0 Å². The van der Waals surface area contributed by atoms with Crippen LogP contribution in [0, 0.1) is 0 Å². The molecule has 3 atom stereocenters. The van der Waals surface area contributed by atoms with Crippen molar-refractivity contribution in [2.45, 2.75) is 31.7 Å². The Morgan fingerprint density at radius 3 is 2.33 bits per heavy atom. The lowest BCUT2D eigenvalue weighted by Crippen LogP contribution is -2.04. The van der Waals surface area contributed by atoms with E-state index >= 15 is 0 Å². The molecule has 2 saturated heterocycles. The Morgan fingerprint density at radius 2 is 2.22 bits per heavy atom. The molecule has 0 saturated carbocycles. The zero-order valence-corrected chi connectivity index (χ0v) is 6.53. The highest BCUT2D eigenvalue weighted by Gasteiger charge is 2.88. The van der Waals surface area contributed by atoms with E-state index in [-0.39, 0.29) is 0 Å². The monoisotopic (exact) mass is 140 g/mol. The van der Waals surface area contributed by atoms with Gasteiger partial charge in [-0.3, -0.25) is 0 Å². The molecule has 2 heterocycles. The summed E-state index contributed by atoms with van der Waals surface area (Å²) >= 11 is 2.13. The van der Waals surface area contributed by atoms with Gasteiger partial charge in [-0.15, -0.1) is 0 Å². The molecule has 0 aromatic heterocycles. The second-order valence-electron chi connectivity index (χ2n) is 3.35. The second-order valence-corrected chi connectivity index (χ2v) is 4.65. The van der Waals surface area contributed by atoms with Gasteiger partial charge in [0.1, 0.15) is 5.70 Å². The zero-order valence-electron chi connectivity index (χ0n) is 5.72. The highest BCUT2D eigenvalue weighted by atomic mass is 32.2. The van der Waals surface area contributed by atoms with Crippen LogP contribution in [0.25, 0.3) is 0 Å². The number of quaternary nitrogens is 1. The lowest BCUT2D eigenvalue weighted by molar-refractivity contribution is -0.570. The molecule has 0 N–H and O–H groups in total. The highest BCUT2D eigenvalue weighted by Crippen LogP contribution is 2.77. The van der Waals surface area contributed by atoms with Crippen molar-refractivity contribution in [2.75, 3.05) is 0 Å². The van der Waals surface area contributed by atoms with E-state index < -0.39 is 0 Å². The van der Waals surface area contributed by atoms with Crippen molar-refractivity contribution in [3.63, 3.8) is 0 Å². The van der Waals surface area contributed by atoms with Crippen molar-refractivity contribution in [1.29, 1.82) is 0 Å². The fourth-order valence-corrected chi connectivity index (χ4v) is 3.30. The topological polar surface area (TPSA) is 0 Å². The molecular formula is C7H10NS+. The first-order valence-corrected chi connectivity index (χ1v) is 4.36. The molecule has 3 rings (SSSR count). The standard InChI is InChI=1S/C7H10NS/c1-4-3-6(4)8-5(2)7(8)9-8/h5,7H,3H2,1-2H3/q+1/t5-,7?,8?/m1/s1. The minimum atomic E-state index is 0.974. The molecule has 2 unspecified atom stereocenters. The molecule has 1 aliphatic carbocycles. The van der Waals surface area contributed by atoms with E-state index in [9.17, 15) is 0 Å². The highest BCUT2D eigenvalue weighted by molar-refractivity contribution is 8.01. The first-order chi connectivity index (χ1) is 4.27. The molecule has 2 fully saturated rings. The summed E-state index contributed by atoms with van der Waals surface area (Å²) in [6.07, 6.45) is 1.34. The Bertz CT molecular complexity index is 227. The first-order valence-electron chi connectivity index (χ1n) is 3.53. The Hall–Kier alpha value is 0.0500. The molecule has 2 aliphatic heterocycles. The van der Waals surface area contributed by atoms with Crippen molar-refractivity contribution in [3.05, 3.63) is 11.3 Å². The van der Waals surface area contributed by atoms with Crippen LogP contribution >= 0.6 is 11.9 Å². The summed E-state index contributed by atoms with van der Waals surface area (Å²) < 4.78 is 1.35. The summed E-state index contributed by atoms with van der Waals surface area (Å²) in [7, 11) is 0. The van der Waals surface area contributed by atoms with Gasteiger partial charge in [-0.2, -0.15) is 3.89 Å². The van der Waals surface area contributed by atoms with E-state index in [0.29, 0.717) is 0 Å². The van der Waals surface area contributed by atoms with Gasteiger partial charge >= 0.3 is 0 Å². The van der Waals surface area contributed by atoms with Gasteiger partial charge in [-0.05, 0) is 19.4 Å². The molecule has 0 bridgehead atoms. The van der Waals surface area contributed by atoms with Crippen molar-refractivity contribution >= 4 is 11.9 Å². The summed E-state index contributed by atoms with van der Waals surface area (Å²) in [4.78, 5) is 0. The van der Waals surface area contributed by atoms with Crippen LogP contribution in [-0.4, -0.2) is 15.3 Å². The van der Waals surface area contributed by atoms with E-state index in [1.807, 2.05) is 0 Å². The Labute approximate surface area is 59.5 Å². The molecular weight excluding hydrogens is 130 g/mol. The Morgan fingerprint density at radius 1 is 1.67 bits per heavy atom. The maximum absolute atomic E-state index is 2.36. The summed E-state index contributed by atoms with van der Waals surface area (Å²) in [6.45, 7) is 4.63. The predicted octanol–water partition coefficient (Wildman–Crippen LogP) is 1.87. The van der Waals surface area contributed by atoms with Gasteiger partial charge in [0.05, 0.1) is 0 Å². The van der Waals surface area contributed by atoms with Gasteiger partial charge in [0.15, 0.2) is 18.0 Å². The van der Waals surface area contributed by atoms with Crippen LogP contribution in [0.1, 0.15) is 20.3 Å². The molecule has 0 radical (unpaired) electrons. The summed E-state index contributed by atoms with van der Waals surface area (Å²) in [5.41, 5.74) is 3.41. The molecule has 0 amide bonds. The maximum atomic E-state index is 2.36. The molecule has 3 aliphatic rings. The van der Waals surface area contributed by atoms with Crippen LogP contribution in [-0.2, 0) is 0 Å². The normalized spacial score (nSPS) is 59.3. The average Bonchev–Trinajstić information content (AvgIpc) is 2.58. The van der Waals surface area contributed by atoms with Gasteiger partial charge in [0, 0.05) is 6.42 Å². The molecule has 0 aromatic carbocycles.